The fourth-order valence-electron chi connectivity index (χ4n) is 1.32. The Hall–Kier alpha value is -2.78. The Morgan fingerprint density at radius 2 is 2.26 bits per heavy atom. The van der Waals surface area contributed by atoms with Crippen molar-refractivity contribution in [3.8, 4) is 0 Å². The number of H-pyrrole nitrogens is 1. The molecule has 0 unspecified atom stereocenters. The molecule has 2 aromatic rings. The van der Waals surface area contributed by atoms with Crippen LogP contribution >= 0.6 is 0 Å². The van der Waals surface area contributed by atoms with E-state index >= 15 is 0 Å². The van der Waals surface area contributed by atoms with Crippen molar-refractivity contribution in [2.45, 2.75) is 6.55 Å². The van der Waals surface area contributed by atoms with Crippen LogP contribution in [0.1, 0.15) is 0 Å². The van der Waals surface area contributed by atoms with Crippen LogP contribution < -0.4 is 21.8 Å². The molecule has 0 fully saturated rings. The van der Waals surface area contributed by atoms with Gasteiger partial charge in [0.05, 0.1) is 11.6 Å². The van der Waals surface area contributed by atoms with Crippen LogP contribution in [0, 0.1) is 0 Å². The Balaban J connectivity index is 2.25. The number of nitrogens with two attached hydrogens (primary N) is 2. The zero-order chi connectivity index (χ0) is 13.8. The zero-order valence-corrected chi connectivity index (χ0v) is 9.56. The summed E-state index contributed by atoms with van der Waals surface area (Å²) >= 11 is 0. The van der Waals surface area contributed by atoms with E-state index in [-0.39, 0.29) is 17.5 Å². The monoisotopic (exact) mass is 269 g/mol. The Morgan fingerprint density at radius 1 is 1.47 bits per heavy atom. The average Bonchev–Trinajstić information content (AvgIpc) is 2.83. The minimum absolute atomic E-state index is 0.110. The molecule has 8 nitrogen and oxygen atoms in total. The fourth-order valence-corrected chi connectivity index (χ4v) is 1.32. The Bertz CT molecular complexity index is 632. The Labute approximate surface area is 105 Å². The summed E-state index contributed by atoms with van der Waals surface area (Å²) in [5, 5.41) is 9.60. The summed E-state index contributed by atoms with van der Waals surface area (Å²) < 4.78 is 24.0. The van der Waals surface area contributed by atoms with E-state index in [4.69, 9.17) is 11.5 Å². The predicted octanol–water partition coefficient (Wildman–Crippen LogP) is -1.48. The highest BCUT2D eigenvalue weighted by atomic mass is 19.3. The van der Waals surface area contributed by atoms with Gasteiger partial charge in [-0.25, -0.2) is 0 Å². The third-order valence-corrected chi connectivity index (χ3v) is 2.14. The van der Waals surface area contributed by atoms with E-state index in [9.17, 15) is 8.78 Å². The number of allylic oxidation sites excluding steroid dienone is 1. The van der Waals surface area contributed by atoms with Gasteiger partial charge in [-0.15, -0.1) is 8.78 Å². The molecule has 0 aliphatic rings. The standard InChI is InChI=1S/C9H10F2N8/c10-8(11)14-2-4(1-12)16-9-17-6(13)5-3-15-19-7(5)18-9/h1-3,8H,12H2,(H4,13,15,16,17,18,19)/p+1. The van der Waals surface area contributed by atoms with Crippen LogP contribution in [0.5, 0.6) is 0 Å². The van der Waals surface area contributed by atoms with E-state index in [1.54, 1.807) is 4.99 Å². The molecule has 0 aliphatic heterocycles. The Morgan fingerprint density at radius 3 is 2.95 bits per heavy atom. The van der Waals surface area contributed by atoms with Crippen LogP contribution in [-0.4, -0.2) is 32.9 Å². The summed E-state index contributed by atoms with van der Waals surface area (Å²) in [5.74, 6) is 0.317. The average molecular weight is 269 g/mol. The lowest BCUT2D eigenvalue weighted by Crippen LogP contribution is -2.73. The molecule has 0 spiro atoms. The number of anilines is 2. The first-order valence-electron chi connectivity index (χ1n) is 5.13. The molecule has 7 N–H and O–H groups in total. The van der Waals surface area contributed by atoms with E-state index in [0.29, 0.717) is 11.0 Å². The molecule has 2 aromatic heterocycles. The highest BCUT2D eigenvalue weighted by Gasteiger charge is 2.09. The van der Waals surface area contributed by atoms with Crippen molar-refractivity contribution in [3.05, 3.63) is 18.1 Å². The molecule has 2 heterocycles. The van der Waals surface area contributed by atoms with Crippen LogP contribution in [0.25, 0.3) is 11.0 Å². The second-order valence-electron chi connectivity index (χ2n) is 3.42. The lowest BCUT2D eigenvalue weighted by Gasteiger charge is -2.03. The molecule has 0 bridgehead atoms. The Kier molecular flexibility index (Phi) is 3.50. The van der Waals surface area contributed by atoms with Gasteiger partial charge in [0.1, 0.15) is 11.5 Å². The highest BCUT2D eigenvalue weighted by molar-refractivity contribution is 5.86. The molecule has 100 valence electrons. The van der Waals surface area contributed by atoms with Crippen LogP contribution in [0.15, 0.2) is 18.1 Å². The lowest BCUT2D eigenvalue weighted by molar-refractivity contribution is -0.568. The van der Waals surface area contributed by atoms with E-state index in [1.807, 2.05) is 0 Å². The quantitative estimate of drug-likeness (QED) is 0.340. The molecular weight excluding hydrogens is 258 g/mol. The van der Waals surface area contributed by atoms with Crippen LogP contribution in [-0.2, 0) is 0 Å². The summed E-state index contributed by atoms with van der Waals surface area (Å²) in [7, 11) is 0. The number of halogens is 2. The van der Waals surface area contributed by atoms with Crippen molar-refractivity contribution in [1.29, 1.82) is 0 Å². The molecule has 0 saturated carbocycles. The van der Waals surface area contributed by atoms with Gasteiger partial charge in [-0.3, -0.25) is 5.10 Å². The number of alkyl halides is 2. The van der Waals surface area contributed by atoms with Gasteiger partial charge < -0.3 is 16.8 Å². The van der Waals surface area contributed by atoms with Crippen molar-refractivity contribution >= 4 is 29.0 Å². The van der Waals surface area contributed by atoms with E-state index in [0.717, 1.165) is 12.4 Å². The van der Waals surface area contributed by atoms with Gasteiger partial charge in [0.15, 0.2) is 11.9 Å². The van der Waals surface area contributed by atoms with Crippen LogP contribution in [0.2, 0.25) is 0 Å². The predicted molar refractivity (Wildman–Crippen MR) is 65.0 cm³/mol. The summed E-state index contributed by atoms with van der Waals surface area (Å²) in [4.78, 5) is 9.80. The number of nitrogens with one attached hydrogen (secondary N) is 3. The maximum absolute atomic E-state index is 12.0. The lowest BCUT2D eigenvalue weighted by atomic mass is 10.4. The summed E-state index contributed by atoms with van der Waals surface area (Å²) in [5.41, 5.74) is 11.6. The van der Waals surface area contributed by atoms with Crippen LogP contribution in [0.4, 0.5) is 20.5 Å². The normalized spacial score (nSPS) is 12.7. The van der Waals surface area contributed by atoms with E-state index < -0.39 is 6.55 Å². The second-order valence-corrected chi connectivity index (χ2v) is 3.42. The third kappa shape index (κ3) is 2.91. The second kappa shape index (κ2) is 5.25. The molecule has 0 saturated heterocycles. The van der Waals surface area contributed by atoms with Gasteiger partial charge >= 0.3 is 6.55 Å². The smallest absolute Gasteiger partial charge is 0.403 e. The summed E-state index contributed by atoms with van der Waals surface area (Å²) in [6.45, 7) is -2.70. The number of aromatic amines is 1. The molecule has 0 atom stereocenters. The van der Waals surface area contributed by atoms with Crippen LogP contribution in [0.3, 0.4) is 0 Å². The highest BCUT2D eigenvalue weighted by Crippen LogP contribution is 2.16. The molecule has 10 heteroatoms. The van der Waals surface area contributed by atoms with Crippen molar-refractivity contribution in [2.24, 2.45) is 5.73 Å². The largest absolute Gasteiger partial charge is 0.444 e. The SMILES string of the molecule is NC=C(C=[NH+]C(F)F)Nc1nc(N)c2cn[nH]c2n1. The third-order valence-electron chi connectivity index (χ3n) is 2.14. The van der Waals surface area contributed by atoms with Gasteiger partial charge in [-0.1, -0.05) is 0 Å². The molecule has 2 rings (SSSR count). The van der Waals surface area contributed by atoms with Gasteiger partial charge in [-0.05, 0) is 0 Å². The first kappa shape index (κ1) is 12.7. The summed E-state index contributed by atoms with van der Waals surface area (Å²) in [6, 6.07) is 0. The van der Waals surface area contributed by atoms with Gasteiger partial charge in [0.2, 0.25) is 5.95 Å². The number of aromatic nitrogens is 4. The summed E-state index contributed by atoms with van der Waals surface area (Å²) in [6.07, 6.45) is 3.58. The molecule has 0 aromatic carbocycles. The number of nitrogens with zero attached hydrogens (tertiary/aromatic N) is 3. The van der Waals surface area contributed by atoms with Crippen molar-refractivity contribution in [2.75, 3.05) is 11.1 Å². The fraction of sp³-hybridized carbons (Fsp3) is 0.111. The van der Waals surface area contributed by atoms with Crippen molar-refractivity contribution in [1.82, 2.24) is 20.2 Å². The van der Waals surface area contributed by atoms with E-state index in [2.05, 4.69) is 25.5 Å². The molecule has 0 aliphatic carbocycles. The molecular formula is C9H11F2N8+. The van der Waals surface area contributed by atoms with Crippen molar-refractivity contribution < 1.29 is 13.8 Å². The number of hydrogen-bond acceptors (Lipinski definition) is 6. The molecule has 0 amide bonds. The number of hydrogen-bond donors (Lipinski definition) is 5. The maximum atomic E-state index is 12.0. The first-order valence-corrected chi connectivity index (χ1v) is 5.13. The van der Waals surface area contributed by atoms with Gasteiger partial charge in [0, 0.05) is 6.20 Å². The first-order chi connectivity index (χ1) is 9.10. The number of rotatable bonds is 4. The number of nitrogen functional groups attached to an aromatic ring is 1. The van der Waals surface area contributed by atoms with Gasteiger partial charge in [0.25, 0.3) is 0 Å². The topological polar surface area (TPSA) is 132 Å². The minimum atomic E-state index is -2.70. The molecule has 0 radical (unpaired) electrons. The van der Waals surface area contributed by atoms with Crippen molar-refractivity contribution in [3.63, 3.8) is 0 Å². The van der Waals surface area contributed by atoms with Gasteiger partial charge in [-0.2, -0.15) is 20.1 Å². The molecule has 19 heavy (non-hydrogen) atoms. The number of fused-ring (bicyclic) bond motifs is 1. The minimum Gasteiger partial charge on any atom is -0.403 e. The van der Waals surface area contributed by atoms with E-state index in [1.165, 1.54) is 6.20 Å². The zero-order valence-electron chi connectivity index (χ0n) is 9.56. The maximum Gasteiger partial charge on any atom is 0.444 e.